The lowest BCUT2D eigenvalue weighted by Gasteiger charge is -2.45. The fourth-order valence-electron chi connectivity index (χ4n) is 3.75. The highest BCUT2D eigenvalue weighted by atomic mass is 19.1. The predicted molar refractivity (Wildman–Crippen MR) is 77.1 cm³/mol. The van der Waals surface area contributed by atoms with E-state index in [1.54, 1.807) is 0 Å². The number of aromatic hydroxyl groups is 1. The van der Waals surface area contributed by atoms with Crippen LogP contribution in [0.2, 0.25) is 0 Å². The van der Waals surface area contributed by atoms with Gasteiger partial charge < -0.3 is 10.4 Å². The molecular weight excluding hydrogens is 255 g/mol. The fourth-order valence-corrected chi connectivity index (χ4v) is 3.75. The molecule has 0 bridgehead atoms. The average Bonchev–Trinajstić information content (AvgIpc) is 2.44. The van der Waals surface area contributed by atoms with Gasteiger partial charge in [0.15, 0.2) is 0 Å². The highest BCUT2D eigenvalue weighted by molar-refractivity contribution is 5.32. The molecule has 0 aromatic heterocycles. The van der Waals surface area contributed by atoms with Crippen LogP contribution in [0, 0.1) is 11.2 Å². The Bertz CT molecular complexity index is 466. The normalized spacial score (nSPS) is 27.9. The third-order valence-corrected chi connectivity index (χ3v) is 4.74. The fraction of sp³-hybridized carbons (Fsp3) is 0.625. The van der Waals surface area contributed by atoms with Crippen molar-refractivity contribution in [3.8, 4) is 5.75 Å². The Kier molecular flexibility index (Phi) is 3.94. The monoisotopic (exact) mass is 278 g/mol. The second-order valence-electron chi connectivity index (χ2n) is 6.37. The Morgan fingerprint density at radius 2 is 2.15 bits per heavy atom. The number of nitrogens with zero attached hydrogens (tertiary/aromatic N) is 1. The molecule has 2 aliphatic heterocycles. The molecule has 1 aromatic carbocycles. The lowest BCUT2D eigenvalue weighted by molar-refractivity contribution is 0.0596. The molecule has 0 amide bonds. The molecule has 3 nitrogen and oxygen atoms in total. The van der Waals surface area contributed by atoms with Crippen LogP contribution in [-0.2, 0) is 6.54 Å². The van der Waals surface area contributed by atoms with Crippen molar-refractivity contribution in [1.29, 1.82) is 0 Å². The summed E-state index contributed by atoms with van der Waals surface area (Å²) >= 11 is 0. The molecule has 3 rings (SSSR count). The minimum absolute atomic E-state index is 0.202. The van der Waals surface area contributed by atoms with Gasteiger partial charge in [0.25, 0.3) is 0 Å². The van der Waals surface area contributed by atoms with Crippen LogP contribution in [0.25, 0.3) is 0 Å². The topological polar surface area (TPSA) is 35.5 Å². The van der Waals surface area contributed by atoms with E-state index in [9.17, 15) is 9.50 Å². The van der Waals surface area contributed by atoms with Crippen LogP contribution in [0.15, 0.2) is 18.2 Å². The van der Waals surface area contributed by atoms with Crippen LogP contribution in [-0.4, -0.2) is 36.2 Å². The SMILES string of the molecule is Oc1ccc(F)cc1CN1CCCC2(CCCNC2)C1. The number of hydrogen-bond acceptors (Lipinski definition) is 3. The zero-order chi connectivity index (χ0) is 14.0. The Hall–Kier alpha value is -1.13. The molecule has 20 heavy (non-hydrogen) atoms. The largest absolute Gasteiger partial charge is 0.508 e. The highest BCUT2D eigenvalue weighted by Gasteiger charge is 2.36. The van der Waals surface area contributed by atoms with Gasteiger partial charge >= 0.3 is 0 Å². The van der Waals surface area contributed by atoms with E-state index in [0.29, 0.717) is 17.5 Å². The minimum atomic E-state index is -0.274. The molecule has 1 spiro atoms. The predicted octanol–water partition coefficient (Wildman–Crippen LogP) is 2.50. The molecule has 2 N–H and O–H groups in total. The van der Waals surface area contributed by atoms with Crippen molar-refractivity contribution in [2.24, 2.45) is 5.41 Å². The molecule has 110 valence electrons. The Balaban J connectivity index is 1.69. The molecule has 0 radical (unpaired) electrons. The van der Waals surface area contributed by atoms with Crippen molar-refractivity contribution in [2.45, 2.75) is 32.2 Å². The van der Waals surface area contributed by atoms with Gasteiger partial charge in [0.1, 0.15) is 11.6 Å². The molecule has 1 aromatic rings. The molecule has 0 aliphatic carbocycles. The van der Waals surface area contributed by atoms with Crippen LogP contribution >= 0.6 is 0 Å². The van der Waals surface area contributed by atoms with Gasteiger partial charge in [-0.05, 0) is 62.4 Å². The molecule has 2 aliphatic rings. The van der Waals surface area contributed by atoms with Gasteiger partial charge in [-0.2, -0.15) is 0 Å². The zero-order valence-corrected chi connectivity index (χ0v) is 11.9. The van der Waals surface area contributed by atoms with E-state index in [-0.39, 0.29) is 11.6 Å². The van der Waals surface area contributed by atoms with Crippen molar-refractivity contribution >= 4 is 0 Å². The molecule has 0 saturated carbocycles. The zero-order valence-electron chi connectivity index (χ0n) is 11.9. The maximum Gasteiger partial charge on any atom is 0.123 e. The van der Waals surface area contributed by atoms with Gasteiger partial charge in [0, 0.05) is 25.2 Å². The second-order valence-corrected chi connectivity index (χ2v) is 6.37. The summed E-state index contributed by atoms with van der Waals surface area (Å²) in [5, 5.41) is 13.4. The van der Waals surface area contributed by atoms with Crippen LogP contribution < -0.4 is 5.32 Å². The second kappa shape index (κ2) is 5.70. The van der Waals surface area contributed by atoms with Gasteiger partial charge in [-0.15, -0.1) is 0 Å². The number of benzene rings is 1. The highest BCUT2D eigenvalue weighted by Crippen LogP contribution is 2.36. The number of piperidine rings is 2. The number of phenolic OH excluding ortho intramolecular Hbond substituents is 1. The van der Waals surface area contributed by atoms with Crippen molar-refractivity contribution < 1.29 is 9.50 Å². The summed E-state index contributed by atoms with van der Waals surface area (Å²) in [5.74, 6) is -0.0725. The van der Waals surface area contributed by atoms with Gasteiger partial charge in [-0.1, -0.05) is 0 Å². The molecular formula is C16H23FN2O. The molecule has 4 heteroatoms. The Labute approximate surface area is 119 Å². The number of nitrogens with one attached hydrogen (secondary N) is 1. The number of phenols is 1. The lowest BCUT2D eigenvalue weighted by atomic mass is 9.74. The van der Waals surface area contributed by atoms with E-state index < -0.39 is 0 Å². The first-order chi connectivity index (χ1) is 9.67. The van der Waals surface area contributed by atoms with E-state index in [1.165, 1.54) is 43.9 Å². The van der Waals surface area contributed by atoms with E-state index in [0.717, 1.165) is 26.2 Å². The van der Waals surface area contributed by atoms with E-state index >= 15 is 0 Å². The smallest absolute Gasteiger partial charge is 0.123 e. The summed E-state index contributed by atoms with van der Waals surface area (Å²) in [6.07, 6.45) is 5.01. The average molecular weight is 278 g/mol. The van der Waals surface area contributed by atoms with E-state index in [1.807, 2.05) is 0 Å². The van der Waals surface area contributed by atoms with Crippen molar-refractivity contribution in [3.63, 3.8) is 0 Å². The van der Waals surface area contributed by atoms with Gasteiger partial charge in [0.2, 0.25) is 0 Å². The molecule has 1 unspecified atom stereocenters. The number of halogens is 1. The first kappa shape index (κ1) is 13.8. The van der Waals surface area contributed by atoms with Crippen LogP contribution in [0.3, 0.4) is 0 Å². The molecule has 2 fully saturated rings. The van der Waals surface area contributed by atoms with Gasteiger partial charge in [0.05, 0.1) is 0 Å². The Morgan fingerprint density at radius 3 is 2.95 bits per heavy atom. The van der Waals surface area contributed by atoms with Crippen molar-refractivity contribution in [1.82, 2.24) is 10.2 Å². The molecule has 1 atom stereocenters. The van der Waals surface area contributed by atoms with E-state index in [4.69, 9.17) is 0 Å². The summed E-state index contributed by atoms with van der Waals surface area (Å²) < 4.78 is 13.3. The number of hydrogen-bond donors (Lipinski definition) is 2. The van der Waals surface area contributed by atoms with Gasteiger partial charge in [-0.25, -0.2) is 4.39 Å². The third-order valence-electron chi connectivity index (χ3n) is 4.74. The lowest BCUT2D eigenvalue weighted by Crippen LogP contribution is -2.50. The van der Waals surface area contributed by atoms with E-state index in [2.05, 4.69) is 10.2 Å². The van der Waals surface area contributed by atoms with Crippen LogP contribution in [0.4, 0.5) is 4.39 Å². The summed E-state index contributed by atoms with van der Waals surface area (Å²) in [6, 6.07) is 4.21. The summed E-state index contributed by atoms with van der Waals surface area (Å²) in [4.78, 5) is 2.37. The summed E-state index contributed by atoms with van der Waals surface area (Å²) in [6.45, 7) is 4.96. The first-order valence-corrected chi connectivity index (χ1v) is 7.57. The maximum atomic E-state index is 13.3. The minimum Gasteiger partial charge on any atom is -0.508 e. The Morgan fingerprint density at radius 1 is 1.30 bits per heavy atom. The first-order valence-electron chi connectivity index (χ1n) is 7.57. The maximum absolute atomic E-state index is 13.3. The third kappa shape index (κ3) is 2.96. The van der Waals surface area contributed by atoms with Crippen molar-refractivity contribution in [2.75, 3.05) is 26.2 Å². The standard InChI is InChI=1S/C16H23FN2O/c17-14-3-4-15(20)13(9-14)10-19-8-2-6-16(12-19)5-1-7-18-11-16/h3-4,9,18,20H,1-2,5-8,10-12H2. The summed E-state index contributed by atoms with van der Waals surface area (Å²) in [7, 11) is 0. The van der Waals surface area contributed by atoms with Crippen LogP contribution in [0.1, 0.15) is 31.2 Å². The quantitative estimate of drug-likeness (QED) is 0.872. The number of rotatable bonds is 2. The van der Waals surface area contributed by atoms with Crippen LogP contribution in [0.5, 0.6) is 5.75 Å². The van der Waals surface area contributed by atoms with Gasteiger partial charge in [-0.3, -0.25) is 4.90 Å². The molecule has 2 saturated heterocycles. The molecule has 2 heterocycles. The van der Waals surface area contributed by atoms with Crippen molar-refractivity contribution in [3.05, 3.63) is 29.6 Å². The summed E-state index contributed by atoms with van der Waals surface area (Å²) in [5.41, 5.74) is 1.09. The number of likely N-dealkylation sites (tertiary alicyclic amines) is 1.